The number of para-hydroxylation sites is 1. The quantitative estimate of drug-likeness (QED) is 0.821. The first kappa shape index (κ1) is 11.1. The van der Waals surface area contributed by atoms with Crippen LogP contribution in [0.4, 0.5) is 5.69 Å². The fourth-order valence-corrected chi connectivity index (χ4v) is 1.39. The Balaban J connectivity index is 2.13. The van der Waals surface area contributed by atoms with Gasteiger partial charge in [0.2, 0.25) is 0 Å². The molecule has 0 radical (unpaired) electrons. The highest BCUT2D eigenvalue weighted by atomic mass is 16.3. The lowest BCUT2D eigenvalue weighted by Crippen LogP contribution is -2.13. The van der Waals surface area contributed by atoms with Crippen molar-refractivity contribution >= 4 is 17.2 Å². The molecule has 0 saturated heterocycles. The second-order valence-corrected chi connectivity index (χ2v) is 3.61. The van der Waals surface area contributed by atoms with Crippen LogP contribution in [0.1, 0.15) is 11.3 Å². The smallest absolute Gasteiger partial charge is 0.258 e. The molecule has 2 rings (SSSR count). The van der Waals surface area contributed by atoms with E-state index in [0.717, 1.165) is 11.3 Å². The average molecular weight is 228 g/mol. The number of benzene rings is 1. The number of aromatic nitrogens is 1. The number of hydrogen-bond donors (Lipinski definition) is 1. The Morgan fingerprint density at radius 1 is 1.41 bits per heavy atom. The van der Waals surface area contributed by atoms with E-state index in [4.69, 9.17) is 4.42 Å². The summed E-state index contributed by atoms with van der Waals surface area (Å²) in [5, 5.41) is 2.77. The molecule has 0 spiro atoms. The van der Waals surface area contributed by atoms with E-state index in [9.17, 15) is 4.79 Å². The molecule has 0 aliphatic carbocycles. The summed E-state index contributed by atoms with van der Waals surface area (Å²) in [7, 11) is 0. The molecule has 0 atom stereocenters. The molecule has 1 heterocycles. The van der Waals surface area contributed by atoms with Crippen LogP contribution in [0.15, 0.2) is 47.9 Å². The number of aryl methyl sites for hydroxylation is 1. The number of carbonyl (C=O) groups excluding carboxylic acids is 1. The minimum absolute atomic E-state index is 0.255. The summed E-state index contributed by atoms with van der Waals surface area (Å²) >= 11 is 0. The molecule has 0 fully saturated rings. The van der Waals surface area contributed by atoms with Gasteiger partial charge in [-0.1, -0.05) is 24.8 Å². The summed E-state index contributed by atoms with van der Waals surface area (Å²) in [4.78, 5) is 15.6. The van der Waals surface area contributed by atoms with Crippen LogP contribution in [0.3, 0.4) is 0 Å². The van der Waals surface area contributed by atoms with Gasteiger partial charge in [-0.3, -0.25) is 4.79 Å². The van der Waals surface area contributed by atoms with Crippen molar-refractivity contribution in [2.24, 2.45) is 0 Å². The van der Waals surface area contributed by atoms with E-state index in [2.05, 4.69) is 16.9 Å². The standard InChI is InChI=1S/C13H12N2O2/c1-9-5-3-4-6-11(9)15-13(16)10(2)12-7-14-8-17-12/h3-8H,2H2,1H3,(H,15,16). The largest absolute Gasteiger partial charge is 0.443 e. The monoisotopic (exact) mass is 228 g/mol. The van der Waals surface area contributed by atoms with Crippen LogP contribution in [0.25, 0.3) is 5.57 Å². The number of anilines is 1. The molecule has 1 amide bonds. The number of nitrogens with zero attached hydrogens (tertiary/aromatic N) is 1. The van der Waals surface area contributed by atoms with Gasteiger partial charge in [-0.25, -0.2) is 4.98 Å². The van der Waals surface area contributed by atoms with Gasteiger partial charge in [0.15, 0.2) is 12.2 Å². The van der Waals surface area contributed by atoms with Crippen molar-refractivity contribution < 1.29 is 9.21 Å². The number of carbonyl (C=O) groups is 1. The Morgan fingerprint density at radius 2 is 2.18 bits per heavy atom. The van der Waals surface area contributed by atoms with Crippen LogP contribution in [0, 0.1) is 6.92 Å². The normalized spacial score (nSPS) is 9.94. The number of nitrogens with one attached hydrogen (secondary N) is 1. The van der Waals surface area contributed by atoms with E-state index >= 15 is 0 Å². The third-order valence-electron chi connectivity index (χ3n) is 2.40. The van der Waals surface area contributed by atoms with Gasteiger partial charge >= 0.3 is 0 Å². The lowest BCUT2D eigenvalue weighted by Gasteiger charge is -2.08. The topological polar surface area (TPSA) is 55.1 Å². The molecule has 1 aromatic heterocycles. The molecule has 0 aliphatic heterocycles. The second-order valence-electron chi connectivity index (χ2n) is 3.61. The van der Waals surface area contributed by atoms with Crippen LogP contribution < -0.4 is 5.32 Å². The van der Waals surface area contributed by atoms with Crippen molar-refractivity contribution in [1.29, 1.82) is 0 Å². The summed E-state index contributed by atoms with van der Waals surface area (Å²) in [6.45, 7) is 5.60. The zero-order valence-electron chi connectivity index (χ0n) is 9.43. The van der Waals surface area contributed by atoms with Crippen molar-refractivity contribution in [3.63, 3.8) is 0 Å². The van der Waals surface area contributed by atoms with Crippen molar-refractivity contribution in [1.82, 2.24) is 4.98 Å². The highest BCUT2D eigenvalue weighted by Crippen LogP contribution is 2.17. The zero-order chi connectivity index (χ0) is 12.3. The minimum Gasteiger partial charge on any atom is -0.443 e. The van der Waals surface area contributed by atoms with E-state index in [1.807, 2.05) is 31.2 Å². The minimum atomic E-state index is -0.295. The van der Waals surface area contributed by atoms with E-state index in [1.165, 1.54) is 12.6 Å². The molecule has 1 N–H and O–H groups in total. The van der Waals surface area contributed by atoms with E-state index in [-0.39, 0.29) is 11.5 Å². The molecular formula is C13H12N2O2. The molecule has 4 heteroatoms. The first-order valence-corrected chi connectivity index (χ1v) is 5.13. The van der Waals surface area contributed by atoms with Gasteiger partial charge in [-0.2, -0.15) is 0 Å². The van der Waals surface area contributed by atoms with E-state index in [1.54, 1.807) is 0 Å². The molecule has 2 aromatic rings. The predicted molar refractivity (Wildman–Crippen MR) is 65.3 cm³/mol. The van der Waals surface area contributed by atoms with Gasteiger partial charge in [0.25, 0.3) is 5.91 Å². The third kappa shape index (κ3) is 2.42. The summed E-state index contributed by atoms with van der Waals surface area (Å²) in [6.07, 6.45) is 2.72. The molecule has 86 valence electrons. The Bertz CT molecular complexity index is 544. The lowest BCUT2D eigenvalue weighted by atomic mass is 10.2. The molecule has 4 nitrogen and oxygen atoms in total. The number of hydrogen-bond acceptors (Lipinski definition) is 3. The van der Waals surface area contributed by atoms with Gasteiger partial charge in [-0.15, -0.1) is 0 Å². The lowest BCUT2D eigenvalue weighted by molar-refractivity contribution is -0.111. The van der Waals surface area contributed by atoms with E-state index < -0.39 is 0 Å². The molecule has 0 bridgehead atoms. The van der Waals surface area contributed by atoms with Gasteiger partial charge in [-0.05, 0) is 18.6 Å². The van der Waals surface area contributed by atoms with Crippen LogP contribution in [-0.2, 0) is 4.79 Å². The summed E-state index contributed by atoms with van der Waals surface area (Å²) in [5.74, 6) is 0.0761. The SMILES string of the molecule is C=C(C(=O)Nc1ccccc1C)c1cnco1. The first-order valence-electron chi connectivity index (χ1n) is 5.13. The maximum atomic E-state index is 11.9. The predicted octanol–water partition coefficient (Wildman–Crippen LogP) is 2.63. The maximum absolute atomic E-state index is 11.9. The fourth-order valence-electron chi connectivity index (χ4n) is 1.39. The molecule has 1 aromatic carbocycles. The molecule has 0 aliphatic rings. The summed E-state index contributed by atoms with van der Waals surface area (Å²) in [5.41, 5.74) is 2.01. The second kappa shape index (κ2) is 4.65. The van der Waals surface area contributed by atoms with Crippen molar-refractivity contribution in [3.8, 4) is 0 Å². The number of oxazole rings is 1. The fraction of sp³-hybridized carbons (Fsp3) is 0.0769. The van der Waals surface area contributed by atoms with Crippen LogP contribution in [0.2, 0.25) is 0 Å². The first-order chi connectivity index (χ1) is 8.18. The van der Waals surface area contributed by atoms with Gasteiger partial charge in [0, 0.05) is 5.69 Å². The Morgan fingerprint density at radius 3 is 2.82 bits per heavy atom. The zero-order valence-corrected chi connectivity index (χ0v) is 9.43. The van der Waals surface area contributed by atoms with Crippen molar-refractivity contribution in [2.45, 2.75) is 6.92 Å². The Kier molecular flexibility index (Phi) is 3.05. The van der Waals surface area contributed by atoms with Gasteiger partial charge in [0.05, 0.1) is 11.8 Å². The van der Waals surface area contributed by atoms with Crippen LogP contribution >= 0.6 is 0 Å². The van der Waals surface area contributed by atoms with Gasteiger partial charge in [0.1, 0.15) is 0 Å². The average Bonchev–Trinajstić information content (AvgIpc) is 2.84. The molecule has 0 saturated carbocycles. The Hall–Kier alpha value is -2.36. The number of amides is 1. The summed E-state index contributed by atoms with van der Waals surface area (Å²) < 4.78 is 5.01. The highest BCUT2D eigenvalue weighted by molar-refractivity contribution is 6.23. The maximum Gasteiger partial charge on any atom is 0.258 e. The molecular weight excluding hydrogens is 216 g/mol. The number of rotatable bonds is 3. The molecule has 0 unspecified atom stereocenters. The van der Waals surface area contributed by atoms with Crippen LogP contribution in [-0.4, -0.2) is 10.9 Å². The summed E-state index contributed by atoms with van der Waals surface area (Å²) in [6, 6.07) is 7.53. The Labute approximate surface area is 99.0 Å². The van der Waals surface area contributed by atoms with Crippen LogP contribution in [0.5, 0.6) is 0 Å². The third-order valence-corrected chi connectivity index (χ3v) is 2.40. The van der Waals surface area contributed by atoms with E-state index in [0.29, 0.717) is 5.76 Å². The van der Waals surface area contributed by atoms with Gasteiger partial charge < -0.3 is 9.73 Å². The van der Waals surface area contributed by atoms with Crippen molar-refractivity contribution in [3.05, 3.63) is 54.8 Å². The molecule has 17 heavy (non-hydrogen) atoms. The highest BCUT2D eigenvalue weighted by Gasteiger charge is 2.13. The van der Waals surface area contributed by atoms with Crippen molar-refractivity contribution in [2.75, 3.05) is 5.32 Å².